The third-order valence-electron chi connectivity index (χ3n) is 9.03. The molecule has 0 bridgehead atoms. The molecule has 0 aliphatic rings. The Morgan fingerprint density at radius 2 is 0.860 bits per heavy atom. The average Bonchev–Trinajstić information content (AvgIpc) is 3.21. The molecule has 6 heteroatoms. The molecule has 0 atom stereocenters. The van der Waals surface area contributed by atoms with E-state index < -0.39 is 0 Å². The van der Waals surface area contributed by atoms with Crippen LogP contribution >= 0.6 is 0 Å². The molecule has 0 N–H and O–H groups in total. The molecule has 232 valence electrons. The molecule has 0 saturated heterocycles. The number of hydrogen-bond acceptors (Lipinski definition) is 6. The van der Waals surface area contributed by atoms with Gasteiger partial charge in [0.25, 0.3) is 0 Å². The zero-order valence-corrected chi connectivity index (χ0v) is 26.7. The molecule has 0 unspecified atom stereocenters. The number of pyridine rings is 2. The Hall–Kier alpha value is -7.10. The molecule has 0 fully saturated rings. The highest BCUT2D eigenvalue weighted by atomic mass is 15.0. The van der Waals surface area contributed by atoms with Crippen LogP contribution in [0.15, 0.2) is 158 Å². The van der Waals surface area contributed by atoms with Crippen molar-refractivity contribution < 1.29 is 0 Å². The second kappa shape index (κ2) is 12.2. The molecule has 6 aromatic carbocycles. The van der Waals surface area contributed by atoms with Crippen LogP contribution in [0.4, 0.5) is 0 Å². The SMILES string of the molecule is N#Cc1ccc(-c2cc3c4cccnc4c(-c4cccc(-c5nc(-c6ccccc6)nc(-c6ccccc6)n5)c4)cc3c3cccnc23)cc1. The summed E-state index contributed by atoms with van der Waals surface area (Å²) < 4.78 is 0. The summed E-state index contributed by atoms with van der Waals surface area (Å²) in [7, 11) is 0. The summed E-state index contributed by atoms with van der Waals surface area (Å²) in [4.78, 5) is 24.6. The van der Waals surface area contributed by atoms with E-state index in [1.54, 1.807) is 0 Å². The first-order valence-electron chi connectivity index (χ1n) is 16.3. The van der Waals surface area contributed by atoms with Gasteiger partial charge in [-0.1, -0.05) is 103 Å². The fourth-order valence-corrected chi connectivity index (χ4v) is 6.63. The van der Waals surface area contributed by atoms with Gasteiger partial charge in [0.05, 0.1) is 22.7 Å². The summed E-state index contributed by atoms with van der Waals surface area (Å²) in [5, 5.41) is 13.6. The summed E-state index contributed by atoms with van der Waals surface area (Å²) in [6, 6.07) is 50.9. The lowest BCUT2D eigenvalue weighted by molar-refractivity contribution is 1.07. The number of nitriles is 1. The molecule has 3 heterocycles. The summed E-state index contributed by atoms with van der Waals surface area (Å²) in [5.74, 6) is 1.84. The number of hydrogen-bond donors (Lipinski definition) is 0. The summed E-state index contributed by atoms with van der Waals surface area (Å²) in [6.07, 6.45) is 3.67. The van der Waals surface area contributed by atoms with E-state index in [1.165, 1.54) is 0 Å². The molecule has 9 aromatic rings. The van der Waals surface area contributed by atoms with Crippen molar-refractivity contribution in [3.8, 4) is 62.5 Å². The molecule has 6 nitrogen and oxygen atoms in total. The van der Waals surface area contributed by atoms with Gasteiger partial charge in [-0.25, -0.2) is 15.0 Å². The number of fused-ring (bicyclic) bond motifs is 5. The molecule has 0 aliphatic heterocycles. The van der Waals surface area contributed by atoms with Gasteiger partial charge < -0.3 is 0 Å². The van der Waals surface area contributed by atoms with Gasteiger partial charge in [-0.3, -0.25) is 9.97 Å². The van der Waals surface area contributed by atoms with E-state index in [0.29, 0.717) is 23.0 Å². The van der Waals surface area contributed by atoms with Crippen LogP contribution in [0.25, 0.3) is 89.0 Å². The minimum Gasteiger partial charge on any atom is -0.256 e. The van der Waals surface area contributed by atoms with Crippen molar-refractivity contribution in [3.63, 3.8) is 0 Å². The van der Waals surface area contributed by atoms with Crippen LogP contribution < -0.4 is 0 Å². The average molecular weight is 639 g/mol. The van der Waals surface area contributed by atoms with Crippen molar-refractivity contribution in [2.75, 3.05) is 0 Å². The van der Waals surface area contributed by atoms with Crippen molar-refractivity contribution >= 4 is 32.6 Å². The first-order chi connectivity index (χ1) is 24.7. The number of benzene rings is 6. The normalized spacial score (nSPS) is 11.2. The molecule has 0 amide bonds. The molecule has 9 rings (SSSR count). The second-order valence-electron chi connectivity index (χ2n) is 12.1. The number of rotatable bonds is 5. The zero-order chi connectivity index (χ0) is 33.4. The summed E-state index contributed by atoms with van der Waals surface area (Å²) in [6.45, 7) is 0. The molecule has 0 aliphatic carbocycles. The van der Waals surface area contributed by atoms with Crippen molar-refractivity contribution in [2.24, 2.45) is 0 Å². The lowest BCUT2D eigenvalue weighted by Crippen LogP contribution is -2.00. The molecular formula is C44H26N6. The van der Waals surface area contributed by atoms with Crippen LogP contribution in [0.5, 0.6) is 0 Å². The monoisotopic (exact) mass is 638 g/mol. The van der Waals surface area contributed by atoms with Crippen LogP contribution in [0.1, 0.15) is 5.56 Å². The summed E-state index contributed by atoms with van der Waals surface area (Å²) >= 11 is 0. The highest BCUT2D eigenvalue weighted by Crippen LogP contribution is 2.41. The maximum atomic E-state index is 9.37. The molecule has 0 spiro atoms. The van der Waals surface area contributed by atoms with Crippen LogP contribution in [0.2, 0.25) is 0 Å². The third kappa shape index (κ3) is 5.11. The topological polar surface area (TPSA) is 88.2 Å². The largest absolute Gasteiger partial charge is 0.256 e. The smallest absolute Gasteiger partial charge is 0.164 e. The Bertz CT molecular complexity index is 2700. The van der Waals surface area contributed by atoms with E-state index in [0.717, 1.165) is 71.5 Å². The van der Waals surface area contributed by atoms with Gasteiger partial charge in [-0.05, 0) is 64.4 Å². The Balaban J connectivity index is 1.25. The van der Waals surface area contributed by atoms with E-state index in [2.05, 4.69) is 42.5 Å². The van der Waals surface area contributed by atoms with Crippen molar-refractivity contribution in [1.82, 2.24) is 24.9 Å². The Morgan fingerprint density at radius 1 is 0.380 bits per heavy atom. The molecule has 50 heavy (non-hydrogen) atoms. The van der Waals surface area contributed by atoms with E-state index in [-0.39, 0.29) is 0 Å². The van der Waals surface area contributed by atoms with Gasteiger partial charge in [0.1, 0.15) is 0 Å². The van der Waals surface area contributed by atoms with Crippen LogP contribution in [-0.2, 0) is 0 Å². The zero-order valence-electron chi connectivity index (χ0n) is 26.7. The number of nitrogens with zero attached hydrogens (tertiary/aromatic N) is 6. The Kier molecular flexibility index (Phi) is 7.07. The molecule has 0 radical (unpaired) electrons. The predicted molar refractivity (Wildman–Crippen MR) is 200 cm³/mol. The highest BCUT2D eigenvalue weighted by molar-refractivity contribution is 6.22. The van der Waals surface area contributed by atoms with Gasteiger partial charge in [0.15, 0.2) is 17.5 Å². The van der Waals surface area contributed by atoms with E-state index in [4.69, 9.17) is 24.9 Å². The van der Waals surface area contributed by atoms with Crippen molar-refractivity contribution in [2.45, 2.75) is 0 Å². The maximum absolute atomic E-state index is 9.37. The Morgan fingerprint density at radius 3 is 1.40 bits per heavy atom. The Labute approximate surface area is 288 Å². The van der Waals surface area contributed by atoms with E-state index >= 15 is 0 Å². The van der Waals surface area contributed by atoms with E-state index in [9.17, 15) is 5.26 Å². The molecular weight excluding hydrogens is 613 g/mol. The highest BCUT2D eigenvalue weighted by Gasteiger charge is 2.17. The van der Waals surface area contributed by atoms with Crippen molar-refractivity contribution in [3.05, 3.63) is 164 Å². The fourth-order valence-electron chi connectivity index (χ4n) is 6.63. The van der Waals surface area contributed by atoms with Crippen LogP contribution in [0, 0.1) is 11.3 Å². The van der Waals surface area contributed by atoms with Gasteiger partial charge in [-0.15, -0.1) is 0 Å². The van der Waals surface area contributed by atoms with Gasteiger partial charge >= 0.3 is 0 Å². The predicted octanol–water partition coefficient (Wildman–Crippen LogP) is 10.3. The van der Waals surface area contributed by atoms with Crippen LogP contribution in [0.3, 0.4) is 0 Å². The lowest BCUT2D eigenvalue weighted by atomic mass is 9.90. The molecule has 0 saturated carbocycles. The van der Waals surface area contributed by atoms with Crippen molar-refractivity contribution in [1.29, 1.82) is 5.26 Å². The van der Waals surface area contributed by atoms with Gasteiger partial charge in [-0.2, -0.15) is 5.26 Å². The first-order valence-corrected chi connectivity index (χ1v) is 16.3. The molecule has 3 aromatic heterocycles. The van der Waals surface area contributed by atoms with Gasteiger partial charge in [0.2, 0.25) is 0 Å². The first kappa shape index (κ1) is 29.1. The summed E-state index contributed by atoms with van der Waals surface area (Å²) in [5.41, 5.74) is 9.18. The minimum atomic E-state index is 0.597. The fraction of sp³-hybridized carbons (Fsp3) is 0. The minimum absolute atomic E-state index is 0.597. The number of aromatic nitrogens is 5. The lowest BCUT2D eigenvalue weighted by Gasteiger charge is -2.15. The quantitative estimate of drug-likeness (QED) is 0.174. The van der Waals surface area contributed by atoms with Crippen LogP contribution in [-0.4, -0.2) is 24.9 Å². The van der Waals surface area contributed by atoms with Gasteiger partial charge in [0, 0.05) is 51.0 Å². The maximum Gasteiger partial charge on any atom is 0.164 e. The standard InChI is InChI=1S/C44H26N6/c45-27-28-18-20-29(21-19-28)36-25-38-35-17-9-23-47-41(35)37(26-39(38)34-16-8-22-46-40(34)36)32-14-7-15-33(24-32)44-49-42(30-10-3-1-4-11-30)48-43(50-44)31-12-5-2-6-13-31/h1-26H. The second-order valence-corrected chi connectivity index (χ2v) is 12.1. The van der Waals surface area contributed by atoms with E-state index in [1.807, 2.05) is 122 Å². The third-order valence-corrected chi connectivity index (χ3v) is 9.03.